The summed E-state index contributed by atoms with van der Waals surface area (Å²) in [7, 11) is -5.67. The minimum absolute atomic E-state index is 0.0256. The Labute approximate surface area is 239 Å². The number of benzene rings is 3. The smallest absolute Gasteiger partial charge is 0.266 e. The number of nitrogens with zero attached hydrogens (tertiary/aromatic N) is 1. The lowest BCUT2D eigenvalue weighted by Crippen LogP contribution is -2.67. The molecule has 1 aliphatic heterocycles. The average Bonchev–Trinajstić information content (AvgIpc) is 3.13. The largest absolute Gasteiger partial charge is 0.497 e. The number of amides is 1. The van der Waals surface area contributed by atoms with E-state index in [0.717, 1.165) is 14.7 Å². The lowest BCUT2D eigenvalue weighted by molar-refractivity contribution is -0.131. The molecule has 0 aliphatic carbocycles. The number of carbonyl (C=O) groups excluding carboxylic acids is 1. The molecule has 6 nitrogen and oxygen atoms in total. The summed E-state index contributed by atoms with van der Waals surface area (Å²) >= 11 is 0. The van der Waals surface area contributed by atoms with E-state index in [1.54, 1.807) is 32.1 Å². The zero-order chi connectivity index (χ0) is 29.3. The predicted molar refractivity (Wildman–Crippen MR) is 162 cm³/mol. The van der Waals surface area contributed by atoms with Crippen LogP contribution in [0.4, 0.5) is 0 Å². The molecule has 40 heavy (non-hydrogen) atoms. The highest BCUT2D eigenvalue weighted by molar-refractivity contribution is 7.89. The average molecular weight is 578 g/mol. The maximum Gasteiger partial charge on any atom is 0.266 e. The van der Waals surface area contributed by atoms with Crippen LogP contribution in [0.25, 0.3) is 0 Å². The number of methoxy groups -OCH3 is 1. The summed E-state index contributed by atoms with van der Waals surface area (Å²) in [5.74, 6) is -0.391. The van der Waals surface area contributed by atoms with Crippen LogP contribution in [0.5, 0.6) is 5.75 Å². The first-order valence-corrected chi connectivity index (χ1v) is 16.8. The van der Waals surface area contributed by atoms with Crippen molar-refractivity contribution in [3.05, 3.63) is 97.6 Å². The number of carbonyl (C=O) groups is 1. The fraction of sp³-hybridized carbons (Fsp3) is 0.344. The fourth-order valence-corrected chi connectivity index (χ4v) is 12.2. The quantitative estimate of drug-likeness (QED) is 0.264. The van der Waals surface area contributed by atoms with E-state index in [9.17, 15) is 13.2 Å². The van der Waals surface area contributed by atoms with Gasteiger partial charge in [-0.1, -0.05) is 101 Å². The molecular formula is C32H39NO5SSi. The number of hydrogen-bond donors (Lipinski definition) is 0. The molecule has 0 aromatic heterocycles. The van der Waals surface area contributed by atoms with Crippen molar-refractivity contribution in [2.24, 2.45) is 11.3 Å². The number of hydrogen-bond acceptors (Lipinski definition) is 5. The molecule has 1 fully saturated rings. The van der Waals surface area contributed by atoms with Crippen LogP contribution >= 0.6 is 0 Å². The zero-order valence-corrected chi connectivity index (χ0v) is 25.9. The van der Waals surface area contributed by atoms with E-state index in [0.29, 0.717) is 5.75 Å². The van der Waals surface area contributed by atoms with Gasteiger partial charge < -0.3 is 9.16 Å². The molecule has 0 N–H and O–H groups in total. The molecule has 4 rings (SSSR count). The van der Waals surface area contributed by atoms with Gasteiger partial charge in [-0.3, -0.25) is 4.79 Å². The van der Waals surface area contributed by atoms with Crippen LogP contribution in [0, 0.1) is 11.3 Å². The number of rotatable bonds is 9. The number of sulfonamides is 1. The topological polar surface area (TPSA) is 72.9 Å². The van der Waals surface area contributed by atoms with Crippen molar-refractivity contribution >= 4 is 34.6 Å². The molecule has 1 amide bonds. The second-order valence-electron chi connectivity index (χ2n) is 11.8. The van der Waals surface area contributed by atoms with Crippen molar-refractivity contribution < 1.29 is 22.4 Å². The van der Waals surface area contributed by atoms with Crippen molar-refractivity contribution in [1.82, 2.24) is 4.31 Å². The van der Waals surface area contributed by atoms with E-state index < -0.39 is 41.6 Å². The predicted octanol–water partition coefficient (Wildman–Crippen LogP) is 5.00. The summed E-state index contributed by atoms with van der Waals surface area (Å²) in [6.07, 6.45) is 1.70. The number of ether oxygens (including phenoxy) is 1. The molecule has 0 unspecified atom stereocenters. The van der Waals surface area contributed by atoms with Crippen LogP contribution in [0.2, 0.25) is 5.04 Å². The summed E-state index contributed by atoms with van der Waals surface area (Å²) < 4.78 is 41.5. The van der Waals surface area contributed by atoms with Gasteiger partial charge in [-0.2, -0.15) is 0 Å². The maximum atomic E-state index is 14.1. The van der Waals surface area contributed by atoms with Crippen molar-refractivity contribution in [3.8, 4) is 5.75 Å². The zero-order valence-electron chi connectivity index (χ0n) is 24.1. The lowest BCUT2D eigenvalue weighted by atomic mass is 9.78. The summed E-state index contributed by atoms with van der Waals surface area (Å²) in [4.78, 5) is 13.9. The third kappa shape index (κ3) is 4.93. The van der Waals surface area contributed by atoms with E-state index in [1.807, 2.05) is 36.4 Å². The molecule has 2 atom stereocenters. The van der Waals surface area contributed by atoms with Gasteiger partial charge in [0.2, 0.25) is 5.91 Å². The van der Waals surface area contributed by atoms with Gasteiger partial charge in [-0.25, -0.2) is 12.7 Å². The summed E-state index contributed by atoms with van der Waals surface area (Å²) in [5.41, 5.74) is -0.985. The summed E-state index contributed by atoms with van der Waals surface area (Å²) in [6, 6.07) is 25.7. The molecule has 0 radical (unpaired) electrons. The Morgan fingerprint density at radius 3 is 1.85 bits per heavy atom. The van der Waals surface area contributed by atoms with Crippen molar-refractivity contribution in [3.63, 3.8) is 0 Å². The van der Waals surface area contributed by atoms with Gasteiger partial charge in [0, 0.05) is 5.92 Å². The molecular weight excluding hydrogens is 539 g/mol. The Morgan fingerprint density at radius 1 is 0.925 bits per heavy atom. The van der Waals surface area contributed by atoms with Gasteiger partial charge in [0.1, 0.15) is 5.75 Å². The molecule has 3 aromatic rings. The van der Waals surface area contributed by atoms with E-state index in [1.165, 1.54) is 19.2 Å². The van der Waals surface area contributed by atoms with E-state index in [4.69, 9.17) is 9.16 Å². The van der Waals surface area contributed by atoms with Gasteiger partial charge >= 0.3 is 0 Å². The van der Waals surface area contributed by atoms with Crippen LogP contribution in [0.15, 0.2) is 102 Å². The monoisotopic (exact) mass is 577 g/mol. The molecule has 212 valence electrons. The summed E-state index contributed by atoms with van der Waals surface area (Å²) in [5, 5.41) is 1.85. The molecule has 1 aliphatic rings. The van der Waals surface area contributed by atoms with Crippen molar-refractivity contribution in [2.45, 2.75) is 50.6 Å². The third-order valence-corrected chi connectivity index (χ3v) is 14.9. The Morgan fingerprint density at radius 2 is 1.43 bits per heavy atom. The second kappa shape index (κ2) is 11.0. The first-order valence-electron chi connectivity index (χ1n) is 13.4. The Balaban J connectivity index is 1.85. The Bertz CT molecular complexity index is 1410. The Hall–Kier alpha value is -3.20. The van der Waals surface area contributed by atoms with Crippen LogP contribution in [-0.4, -0.2) is 46.7 Å². The first kappa shape index (κ1) is 29.8. The molecule has 0 saturated carbocycles. The molecule has 1 heterocycles. The van der Waals surface area contributed by atoms with Crippen LogP contribution in [0.3, 0.4) is 0 Å². The van der Waals surface area contributed by atoms with Gasteiger partial charge in [0.15, 0.2) is 0 Å². The highest BCUT2D eigenvalue weighted by atomic mass is 32.2. The minimum atomic E-state index is -4.19. The SMILES string of the molecule is C=C[C@H]1[C@H](CO[Si](c2ccccc2)(c2ccccc2)C(C)(C)C)N(S(=O)(=O)c2ccc(OC)cc2)C(=O)C1(C)C. The van der Waals surface area contributed by atoms with Crippen molar-refractivity contribution in [1.29, 1.82) is 0 Å². The standard InChI is InChI=1S/C32H39NO5SSi/c1-8-28-29(33(30(34)32(28,5)6)39(35,36)25-21-19-24(37-7)20-22-25)23-38-40(31(2,3)4,26-15-11-9-12-16-26)27-17-13-10-14-18-27/h8-22,28-29H,1,23H2,2-7H3/t28-,29-/m0/s1. The highest BCUT2D eigenvalue weighted by Gasteiger charge is 2.58. The van der Waals surface area contributed by atoms with Gasteiger partial charge in [0.05, 0.1) is 30.1 Å². The van der Waals surface area contributed by atoms with E-state index >= 15 is 0 Å². The third-order valence-electron chi connectivity index (χ3n) is 8.06. The molecule has 0 bridgehead atoms. The lowest BCUT2D eigenvalue weighted by Gasteiger charge is -2.44. The molecule has 3 aromatic carbocycles. The van der Waals surface area contributed by atoms with Crippen LogP contribution in [0.1, 0.15) is 34.6 Å². The molecule has 8 heteroatoms. The van der Waals surface area contributed by atoms with Gasteiger partial charge in [0.25, 0.3) is 18.3 Å². The van der Waals surface area contributed by atoms with Crippen molar-refractivity contribution in [2.75, 3.05) is 13.7 Å². The minimum Gasteiger partial charge on any atom is -0.497 e. The maximum absolute atomic E-state index is 14.1. The Kier molecular flexibility index (Phi) is 8.18. The fourth-order valence-electron chi connectivity index (χ4n) is 5.95. The second-order valence-corrected chi connectivity index (χ2v) is 17.9. The molecule has 0 spiro atoms. The molecule has 1 saturated heterocycles. The van der Waals surface area contributed by atoms with Gasteiger partial charge in [-0.15, -0.1) is 6.58 Å². The highest BCUT2D eigenvalue weighted by Crippen LogP contribution is 2.46. The van der Waals surface area contributed by atoms with E-state index in [2.05, 4.69) is 51.6 Å². The van der Waals surface area contributed by atoms with Crippen LogP contribution in [-0.2, 0) is 19.2 Å². The summed E-state index contributed by atoms with van der Waals surface area (Å²) in [6.45, 7) is 14.1. The van der Waals surface area contributed by atoms with Crippen LogP contribution < -0.4 is 15.1 Å². The normalized spacial score (nSPS) is 19.4. The first-order chi connectivity index (χ1) is 18.8. The van der Waals surface area contributed by atoms with Gasteiger partial charge in [-0.05, 0) is 39.7 Å². The van der Waals surface area contributed by atoms with E-state index in [-0.39, 0.29) is 16.5 Å².